The Labute approximate surface area is 128 Å². The minimum Gasteiger partial charge on any atom is -0.381 e. The molecule has 0 unspecified atom stereocenters. The Morgan fingerprint density at radius 1 is 1.19 bits per heavy atom. The molecule has 0 spiro atoms. The van der Waals surface area contributed by atoms with E-state index in [-0.39, 0.29) is 11.9 Å². The van der Waals surface area contributed by atoms with Crippen molar-refractivity contribution < 1.29 is 9.53 Å². The summed E-state index contributed by atoms with van der Waals surface area (Å²) in [6.07, 6.45) is 3.14. The Bertz CT molecular complexity index is 321. The quantitative estimate of drug-likeness (QED) is 0.820. The summed E-state index contributed by atoms with van der Waals surface area (Å²) in [5, 5.41) is 0. The Morgan fingerprint density at radius 3 is 2.38 bits per heavy atom. The number of nitrogens with zero attached hydrogens (tertiary/aromatic N) is 2. The highest BCUT2D eigenvalue weighted by Gasteiger charge is 2.27. The first kappa shape index (κ1) is 16.7. The van der Waals surface area contributed by atoms with E-state index < -0.39 is 0 Å². The lowest BCUT2D eigenvalue weighted by atomic mass is 9.99. The number of hydrogen-bond donors (Lipinski definition) is 1. The molecule has 0 bridgehead atoms. The molecule has 0 radical (unpaired) electrons. The van der Waals surface area contributed by atoms with Crippen molar-refractivity contribution in [1.29, 1.82) is 0 Å². The number of rotatable bonds is 5. The molecule has 21 heavy (non-hydrogen) atoms. The number of carbonyl (C=O) groups is 1. The van der Waals surface area contributed by atoms with E-state index in [1.54, 1.807) is 0 Å². The van der Waals surface area contributed by atoms with Crippen molar-refractivity contribution in [3.8, 4) is 0 Å². The van der Waals surface area contributed by atoms with Crippen LogP contribution < -0.4 is 5.73 Å². The van der Waals surface area contributed by atoms with Crippen molar-refractivity contribution >= 4 is 5.91 Å². The first-order chi connectivity index (χ1) is 10.1. The fraction of sp³-hybridized carbons (Fsp3) is 0.938. The average Bonchev–Trinajstić information content (AvgIpc) is 2.47. The number of piperazine rings is 1. The molecule has 5 nitrogen and oxygen atoms in total. The second kappa shape index (κ2) is 8.11. The van der Waals surface area contributed by atoms with Gasteiger partial charge in [-0.25, -0.2) is 0 Å². The average molecular weight is 297 g/mol. The van der Waals surface area contributed by atoms with Gasteiger partial charge in [-0.2, -0.15) is 0 Å². The smallest absolute Gasteiger partial charge is 0.239 e. The van der Waals surface area contributed by atoms with Crippen molar-refractivity contribution in [3.63, 3.8) is 0 Å². The van der Waals surface area contributed by atoms with E-state index in [1.165, 1.54) is 12.8 Å². The molecule has 5 heteroatoms. The lowest BCUT2D eigenvalue weighted by Crippen LogP contribution is -2.54. The summed E-state index contributed by atoms with van der Waals surface area (Å²) in [4.78, 5) is 16.7. The van der Waals surface area contributed by atoms with E-state index >= 15 is 0 Å². The van der Waals surface area contributed by atoms with Crippen LogP contribution in [0.3, 0.4) is 0 Å². The maximum atomic E-state index is 12.3. The molecule has 0 aromatic rings. The molecular formula is C16H31N3O2. The summed E-state index contributed by atoms with van der Waals surface area (Å²) in [5.74, 6) is 1.37. The van der Waals surface area contributed by atoms with Gasteiger partial charge in [-0.3, -0.25) is 9.69 Å². The van der Waals surface area contributed by atoms with Crippen molar-refractivity contribution in [2.24, 2.45) is 17.6 Å². The molecule has 2 heterocycles. The van der Waals surface area contributed by atoms with E-state index in [1.807, 2.05) is 4.90 Å². The van der Waals surface area contributed by atoms with E-state index in [9.17, 15) is 4.79 Å². The maximum absolute atomic E-state index is 12.3. The van der Waals surface area contributed by atoms with Crippen LogP contribution in [0.1, 0.15) is 33.1 Å². The highest BCUT2D eigenvalue weighted by atomic mass is 16.5. The zero-order chi connectivity index (χ0) is 15.2. The number of hydrogen-bond acceptors (Lipinski definition) is 4. The summed E-state index contributed by atoms with van der Waals surface area (Å²) in [5.41, 5.74) is 6.01. The van der Waals surface area contributed by atoms with Gasteiger partial charge in [0.25, 0.3) is 0 Å². The van der Waals surface area contributed by atoms with Gasteiger partial charge in [-0.05, 0) is 31.1 Å². The zero-order valence-corrected chi connectivity index (χ0v) is 13.6. The van der Waals surface area contributed by atoms with Crippen molar-refractivity contribution in [2.45, 2.75) is 39.2 Å². The molecular weight excluding hydrogens is 266 g/mol. The molecule has 0 aromatic carbocycles. The van der Waals surface area contributed by atoms with Crippen LogP contribution in [0.2, 0.25) is 0 Å². The van der Waals surface area contributed by atoms with Gasteiger partial charge in [-0.1, -0.05) is 13.8 Å². The van der Waals surface area contributed by atoms with Gasteiger partial charge in [-0.15, -0.1) is 0 Å². The van der Waals surface area contributed by atoms with Crippen LogP contribution in [0.15, 0.2) is 0 Å². The molecule has 0 saturated carbocycles. The molecule has 2 fully saturated rings. The van der Waals surface area contributed by atoms with Crippen LogP contribution in [0, 0.1) is 11.8 Å². The van der Waals surface area contributed by atoms with Crippen LogP contribution in [0.5, 0.6) is 0 Å². The van der Waals surface area contributed by atoms with E-state index in [0.29, 0.717) is 5.92 Å². The van der Waals surface area contributed by atoms with Crippen LogP contribution in [0.25, 0.3) is 0 Å². The number of amides is 1. The van der Waals surface area contributed by atoms with Gasteiger partial charge in [0.2, 0.25) is 5.91 Å². The predicted molar refractivity (Wildman–Crippen MR) is 84.0 cm³/mol. The first-order valence-electron chi connectivity index (χ1n) is 8.40. The number of carbonyl (C=O) groups excluding carboxylic acids is 1. The molecule has 122 valence electrons. The minimum atomic E-state index is -0.327. The molecule has 2 N–H and O–H groups in total. The summed E-state index contributed by atoms with van der Waals surface area (Å²) in [6, 6.07) is -0.327. The Balaban J connectivity index is 1.71. The Hall–Kier alpha value is -0.650. The minimum absolute atomic E-state index is 0.134. The maximum Gasteiger partial charge on any atom is 0.239 e. The molecule has 2 aliphatic heterocycles. The van der Waals surface area contributed by atoms with Gasteiger partial charge in [0.05, 0.1) is 6.04 Å². The van der Waals surface area contributed by atoms with Crippen molar-refractivity contribution in [2.75, 3.05) is 45.9 Å². The molecule has 1 atom stereocenters. The summed E-state index contributed by atoms with van der Waals surface area (Å²) in [6.45, 7) is 10.8. The molecule has 0 aliphatic carbocycles. The van der Waals surface area contributed by atoms with Crippen LogP contribution in [0.4, 0.5) is 0 Å². The standard InChI is InChI=1S/C16H31N3O2/c1-13(2)11-15(17)16(20)19-7-5-18(6-8-19)12-14-3-9-21-10-4-14/h13-15H,3-12,17H2,1-2H3/t15-/m0/s1. The Kier molecular flexibility index (Phi) is 6.45. The van der Waals surface area contributed by atoms with E-state index in [2.05, 4.69) is 18.7 Å². The molecule has 2 rings (SSSR count). The highest BCUT2D eigenvalue weighted by molar-refractivity contribution is 5.81. The van der Waals surface area contributed by atoms with Gasteiger partial charge >= 0.3 is 0 Å². The number of nitrogens with two attached hydrogens (primary N) is 1. The SMILES string of the molecule is CC(C)C[C@H](N)C(=O)N1CCN(CC2CCOCC2)CC1. The number of ether oxygens (including phenoxy) is 1. The van der Waals surface area contributed by atoms with Gasteiger partial charge in [0, 0.05) is 45.9 Å². The van der Waals surface area contributed by atoms with Crippen molar-refractivity contribution in [1.82, 2.24) is 9.80 Å². The lowest BCUT2D eigenvalue weighted by Gasteiger charge is -2.38. The fourth-order valence-electron chi connectivity index (χ4n) is 3.29. The Morgan fingerprint density at radius 2 is 1.81 bits per heavy atom. The third kappa shape index (κ3) is 5.24. The van der Waals surface area contributed by atoms with E-state index in [4.69, 9.17) is 10.5 Å². The zero-order valence-electron chi connectivity index (χ0n) is 13.6. The van der Waals surface area contributed by atoms with Gasteiger partial charge in [0.15, 0.2) is 0 Å². The van der Waals surface area contributed by atoms with Gasteiger partial charge < -0.3 is 15.4 Å². The summed E-state index contributed by atoms with van der Waals surface area (Å²) >= 11 is 0. The van der Waals surface area contributed by atoms with Gasteiger partial charge in [0.1, 0.15) is 0 Å². The van der Waals surface area contributed by atoms with Crippen LogP contribution in [-0.2, 0) is 9.53 Å². The van der Waals surface area contributed by atoms with Crippen LogP contribution in [-0.4, -0.2) is 67.7 Å². The third-order valence-electron chi connectivity index (χ3n) is 4.58. The molecule has 2 saturated heterocycles. The highest BCUT2D eigenvalue weighted by Crippen LogP contribution is 2.17. The second-order valence-corrected chi connectivity index (χ2v) is 6.92. The third-order valence-corrected chi connectivity index (χ3v) is 4.58. The normalized spacial score (nSPS) is 23.5. The second-order valence-electron chi connectivity index (χ2n) is 6.92. The first-order valence-corrected chi connectivity index (χ1v) is 8.40. The monoisotopic (exact) mass is 297 g/mol. The van der Waals surface area contributed by atoms with Crippen molar-refractivity contribution in [3.05, 3.63) is 0 Å². The molecule has 2 aliphatic rings. The predicted octanol–water partition coefficient (Wildman–Crippen LogP) is 0.931. The van der Waals surface area contributed by atoms with Crippen LogP contribution >= 0.6 is 0 Å². The lowest BCUT2D eigenvalue weighted by molar-refractivity contribution is -0.134. The van der Waals surface area contributed by atoms with E-state index in [0.717, 1.165) is 58.3 Å². The molecule has 0 aromatic heterocycles. The summed E-state index contributed by atoms with van der Waals surface area (Å²) < 4.78 is 5.41. The topological polar surface area (TPSA) is 58.8 Å². The molecule has 1 amide bonds. The fourth-order valence-corrected chi connectivity index (χ4v) is 3.29. The summed E-state index contributed by atoms with van der Waals surface area (Å²) in [7, 11) is 0. The largest absolute Gasteiger partial charge is 0.381 e.